The van der Waals surface area contributed by atoms with Crippen molar-refractivity contribution >= 4 is 33.6 Å². The van der Waals surface area contributed by atoms with Crippen LogP contribution in [0.25, 0.3) is 0 Å². The maximum absolute atomic E-state index is 11.8. The van der Waals surface area contributed by atoms with E-state index in [0.717, 1.165) is 4.47 Å². The lowest BCUT2D eigenvalue weighted by Gasteiger charge is -2.26. The van der Waals surface area contributed by atoms with Crippen LogP contribution in [0.5, 0.6) is 0 Å². The highest BCUT2D eigenvalue weighted by atomic mass is 79.9. The molecule has 0 aliphatic carbocycles. The molecule has 0 unspecified atom stereocenters. The summed E-state index contributed by atoms with van der Waals surface area (Å²) in [5.74, 6) is -0.885. The van der Waals surface area contributed by atoms with Gasteiger partial charge in [-0.2, -0.15) is 0 Å². The molecule has 1 aromatic rings. The largest absolute Gasteiger partial charge is 0.481 e. The zero-order valence-corrected chi connectivity index (χ0v) is 13.2. The molecule has 0 aliphatic rings. The Kier molecular flexibility index (Phi) is 6.01. The molecule has 3 N–H and O–H groups in total. The van der Waals surface area contributed by atoms with E-state index in [4.69, 9.17) is 0 Å². The van der Waals surface area contributed by atoms with Gasteiger partial charge in [0.2, 0.25) is 0 Å². The van der Waals surface area contributed by atoms with Gasteiger partial charge >= 0.3 is 12.0 Å². The van der Waals surface area contributed by atoms with Crippen LogP contribution >= 0.6 is 15.9 Å². The highest BCUT2D eigenvalue weighted by molar-refractivity contribution is 9.10. The smallest absolute Gasteiger partial charge is 0.319 e. The summed E-state index contributed by atoms with van der Waals surface area (Å²) < 4.78 is 0.769. The minimum absolute atomic E-state index is 0.103. The predicted octanol–water partition coefficient (Wildman–Crippen LogP) is 3.46. The lowest BCUT2D eigenvalue weighted by atomic mass is 9.82. The lowest BCUT2D eigenvalue weighted by molar-refractivity contribution is -0.149. The number of rotatable bonds is 6. The first kappa shape index (κ1) is 16.5. The van der Waals surface area contributed by atoms with Gasteiger partial charge in [-0.1, -0.05) is 26.0 Å². The second-order valence-electron chi connectivity index (χ2n) is 4.58. The fraction of sp³-hybridized carbons (Fsp3) is 0.429. The van der Waals surface area contributed by atoms with Crippen molar-refractivity contribution in [3.05, 3.63) is 28.7 Å². The molecule has 6 heteroatoms. The van der Waals surface area contributed by atoms with Gasteiger partial charge in [0, 0.05) is 11.0 Å². The van der Waals surface area contributed by atoms with Gasteiger partial charge in [-0.15, -0.1) is 0 Å². The van der Waals surface area contributed by atoms with E-state index in [9.17, 15) is 14.7 Å². The fourth-order valence-corrected chi connectivity index (χ4v) is 2.24. The van der Waals surface area contributed by atoms with E-state index in [1.807, 2.05) is 26.0 Å². The number of carbonyl (C=O) groups excluding carboxylic acids is 1. The summed E-state index contributed by atoms with van der Waals surface area (Å²) in [4.78, 5) is 23.2. The van der Waals surface area contributed by atoms with Crippen molar-refractivity contribution in [1.82, 2.24) is 5.32 Å². The van der Waals surface area contributed by atoms with Gasteiger partial charge < -0.3 is 15.7 Å². The van der Waals surface area contributed by atoms with Crippen molar-refractivity contribution in [2.45, 2.75) is 26.7 Å². The lowest BCUT2D eigenvalue weighted by Crippen LogP contribution is -2.43. The Balaban J connectivity index is 2.63. The summed E-state index contributed by atoms with van der Waals surface area (Å²) in [6.45, 7) is 3.72. The number of amides is 2. The van der Waals surface area contributed by atoms with Crippen molar-refractivity contribution in [2.75, 3.05) is 11.9 Å². The van der Waals surface area contributed by atoms with Crippen LogP contribution in [0, 0.1) is 5.41 Å². The molecule has 0 bridgehead atoms. The molecule has 110 valence electrons. The number of carbonyl (C=O) groups is 2. The minimum Gasteiger partial charge on any atom is -0.481 e. The molecule has 0 spiro atoms. The van der Waals surface area contributed by atoms with E-state index >= 15 is 0 Å². The highest BCUT2D eigenvalue weighted by Gasteiger charge is 2.35. The van der Waals surface area contributed by atoms with E-state index in [1.54, 1.807) is 12.1 Å². The number of aliphatic carboxylic acids is 1. The number of urea groups is 1. The van der Waals surface area contributed by atoms with Crippen molar-refractivity contribution in [2.24, 2.45) is 5.41 Å². The average Bonchev–Trinajstić information content (AvgIpc) is 2.43. The van der Waals surface area contributed by atoms with Gasteiger partial charge in [-0.25, -0.2) is 4.79 Å². The summed E-state index contributed by atoms with van der Waals surface area (Å²) in [5, 5.41) is 14.6. The standard InChI is InChI=1S/C14H19BrN2O3/c1-3-14(4-2,12(18)19)9-16-13(20)17-11-8-6-5-7-10(11)15/h5-8H,3-4,9H2,1-2H3,(H,18,19)(H2,16,17,20). The number of nitrogens with one attached hydrogen (secondary N) is 2. The van der Waals surface area contributed by atoms with Crippen LogP contribution in [0.1, 0.15) is 26.7 Å². The van der Waals surface area contributed by atoms with Crippen LogP contribution in [0.2, 0.25) is 0 Å². The highest BCUT2D eigenvalue weighted by Crippen LogP contribution is 2.26. The number of carboxylic acids is 1. The summed E-state index contributed by atoms with van der Waals surface area (Å²) in [6.07, 6.45) is 0.933. The zero-order chi connectivity index (χ0) is 15.2. The van der Waals surface area contributed by atoms with E-state index in [-0.39, 0.29) is 6.54 Å². The summed E-state index contributed by atoms with van der Waals surface area (Å²) in [5.41, 5.74) is -0.274. The summed E-state index contributed by atoms with van der Waals surface area (Å²) >= 11 is 3.33. The number of halogens is 1. The fourth-order valence-electron chi connectivity index (χ4n) is 1.86. The molecular weight excluding hydrogens is 324 g/mol. The molecule has 1 rings (SSSR count). The van der Waals surface area contributed by atoms with Crippen LogP contribution in [-0.4, -0.2) is 23.7 Å². The first-order valence-corrected chi connectivity index (χ1v) is 7.27. The maximum Gasteiger partial charge on any atom is 0.319 e. The van der Waals surface area contributed by atoms with Gasteiger partial charge in [-0.05, 0) is 40.9 Å². The number of anilines is 1. The molecule has 1 aromatic carbocycles. The predicted molar refractivity (Wildman–Crippen MR) is 81.8 cm³/mol. The summed E-state index contributed by atoms with van der Waals surface area (Å²) in [6, 6.07) is 6.81. The summed E-state index contributed by atoms with van der Waals surface area (Å²) in [7, 11) is 0. The van der Waals surface area contributed by atoms with Gasteiger partial charge in [-0.3, -0.25) is 4.79 Å². The number of benzene rings is 1. The number of hydrogen-bond donors (Lipinski definition) is 3. The Morgan fingerprint density at radius 2 is 1.85 bits per heavy atom. The van der Waals surface area contributed by atoms with Crippen LogP contribution < -0.4 is 10.6 Å². The van der Waals surface area contributed by atoms with E-state index in [1.165, 1.54) is 0 Å². The van der Waals surface area contributed by atoms with E-state index in [2.05, 4.69) is 26.6 Å². The van der Waals surface area contributed by atoms with E-state index in [0.29, 0.717) is 18.5 Å². The van der Waals surface area contributed by atoms with E-state index < -0.39 is 17.4 Å². The Morgan fingerprint density at radius 3 is 2.35 bits per heavy atom. The quantitative estimate of drug-likeness (QED) is 0.740. The number of para-hydroxylation sites is 1. The maximum atomic E-state index is 11.8. The average molecular weight is 343 g/mol. The van der Waals surface area contributed by atoms with Gasteiger partial charge in [0.25, 0.3) is 0 Å². The molecule has 20 heavy (non-hydrogen) atoms. The molecule has 0 heterocycles. The molecular formula is C14H19BrN2O3. The number of carboxylic acid groups (broad SMARTS) is 1. The topological polar surface area (TPSA) is 78.4 Å². The van der Waals surface area contributed by atoms with Gasteiger partial charge in [0.15, 0.2) is 0 Å². The molecule has 2 amide bonds. The third kappa shape index (κ3) is 3.96. The Morgan fingerprint density at radius 1 is 1.25 bits per heavy atom. The Hall–Kier alpha value is -1.56. The molecule has 0 radical (unpaired) electrons. The molecule has 0 fully saturated rings. The third-order valence-electron chi connectivity index (χ3n) is 3.52. The normalized spacial score (nSPS) is 10.9. The monoisotopic (exact) mass is 342 g/mol. The second-order valence-corrected chi connectivity index (χ2v) is 5.43. The number of hydrogen-bond acceptors (Lipinski definition) is 2. The van der Waals surface area contributed by atoms with Crippen molar-refractivity contribution in [1.29, 1.82) is 0 Å². The molecule has 5 nitrogen and oxygen atoms in total. The SMILES string of the molecule is CCC(CC)(CNC(=O)Nc1ccccc1Br)C(=O)O. The molecule has 0 saturated carbocycles. The first-order valence-electron chi connectivity index (χ1n) is 6.48. The van der Waals surface area contributed by atoms with Crippen molar-refractivity contribution in [3.8, 4) is 0 Å². The molecule has 0 aromatic heterocycles. The first-order chi connectivity index (χ1) is 9.45. The van der Waals surface area contributed by atoms with Gasteiger partial charge in [0.05, 0.1) is 11.1 Å². The third-order valence-corrected chi connectivity index (χ3v) is 4.21. The second kappa shape index (κ2) is 7.28. The zero-order valence-electron chi connectivity index (χ0n) is 11.6. The Labute approximate surface area is 126 Å². The minimum atomic E-state index is -0.911. The van der Waals surface area contributed by atoms with Crippen LogP contribution in [0.15, 0.2) is 28.7 Å². The molecule has 0 atom stereocenters. The molecule has 0 aliphatic heterocycles. The van der Waals surface area contributed by atoms with Crippen LogP contribution in [0.3, 0.4) is 0 Å². The Bertz CT molecular complexity index is 487. The van der Waals surface area contributed by atoms with Gasteiger partial charge in [0.1, 0.15) is 0 Å². The molecule has 0 saturated heterocycles. The van der Waals surface area contributed by atoms with Crippen molar-refractivity contribution < 1.29 is 14.7 Å². The van der Waals surface area contributed by atoms with Crippen LogP contribution in [0.4, 0.5) is 10.5 Å². The van der Waals surface area contributed by atoms with Crippen LogP contribution in [-0.2, 0) is 4.79 Å². The van der Waals surface area contributed by atoms with Crippen molar-refractivity contribution in [3.63, 3.8) is 0 Å².